The molecule has 0 radical (unpaired) electrons. The zero-order valence-corrected chi connectivity index (χ0v) is 27.2. The average Bonchev–Trinajstić information content (AvgIpc) is 3.09. The second-order valence-electron chi connectivity index (χ2n) is 12.3. The summed E-state index contributed by atoms with van der Waals surface area (Å²) in [5.74, 6) is 0. The molecule has 4 atom stereocenters. The van der Waals surface area contributed by atoms with Crippen LogP contribution in [0.15, 0.2) is 146 Å². The number of urea groups is 1. The lowest BCUT2D eigenvalue weighted by molar-refractivity contribution is -0.0427. The first kappa shape index (κ1) is 30.2. The number of rotatable bonds is 9. The fourth-order valence-corrected chi connectivity index (χ4v) is 7.88. The van der Waals surface area contributed by atoms with Crippen LogP contribution in [0, 0.1) is 0 Å². The van der Waals surface area contributed by atoms with E-state index in [-0.39, 0.29) is 10.9 Å². The van der Waals surface area contributed by atoms with E-state index in [1.165, 1.54) is 0 Å². The molecule has 0 bridgehead atoms. The van der Waals surface area contributed by atoms with Crippen molar-refractivity contribution >= 4 is 43.5 Å². The van der Waals surface area contributed by atoms with Gasteiger partial charge in [0.1, 0.15) is 0 Å². The lowest BCUT2D eigenvalue weighted by Crippen LogP contribution is -2.68. The summed E-state index contributed by atoms with van der Waals surface area (Å²) in [6.07, 6.45) is 0.450. The van der Waals surface area contributed by atoms with Gasteiger partial charge in [-0.15, -0.1) is 0 Å². The van der Waals surface area contributed by atoms with Gasteiger partial charge in [-0.25, -0.2) is 4.79 Å². The van der Waals surface area contributed by atoms with Gasteiger partial charge in [0.05, 0.1) is 18.2 Å². The van der Waals surface area contributed by atoms with Crippen molar-refractivity contribution in [3.05, 3.63) is 168 Å². The first-order chi connectivity index (χ1) is 22.5. The van der Waals surface area contributed by atoms with Gasteiger partial charge in [-0.1, -0.05) is 149 Å². The number of amides is 2. The van der Waals surface area contributed by atoms with E-state index in [0.717, 1.165) is 43.8 Å². The zero-order chi connectivity index (χ0) is 31.5. The predicted molar refractivity (Wildman–Crippen MR) is 191 cm³/mol. The molecule has 0 unspecified atom stereocenters. The first-order valence-electron chi connectivity index (χ1n) is 16.0. The molecule has 4 nitrogen and oxygen atoms in total. The lowest BCUT2D eigenvalue weighted by atomic mass is 9.87. The van der Waals surface area contributed by atoms with Crippen LogP contribution in [0.2, 0.25) is 0 Å². The number of alkyl halides is 1. The van der Waals surface area contributed by atoms with Crippen LogP contribution in [0.5, 0.6) is 0 Å². The molecule has 1 aliphatic rings. The summed E-state index contributed by atoms with van der Waals surface area (Å²) in [5, 5.41) is 17.0. The highest BCUT2D eigenvalue weighted by molar-refractivity contribution is 9.09. The van der Waals surface area contributed by atoms with Crippen molar-refractivity contribution < 1.29 is 9.90 Å². The number of hydrogen-bond donors (Lipinski definition) is 1. The number of aliphatic hydroxyl groups excluding tert-OH is 1. The normalized spacial score (nSPS) is 19.1. The molecule has 0 aromatic heterocycles. The van der Waals surface area contributed by atoms with Crippen LogP contribution in [0.1, 0.15) is 22.3 Å². The van der Waals surface area contributed by atoms with Gasteiger partial charge < -0.3 is 14.9 Å². The van der Waals surface area contributed by atoms with Gasteiger partial charge >= 0.3 is 6.03 Å². The highest BCUT2D eigenvalue weighted by Gasteiger charge is 2.48. The Morgan fingerprint density at radius 3 is 1.61 bits per heavy atom. The zero-order valence-electron chi connectivity index (χ0n) is 25.6. The molecule has 0 aliphatic carbocycles. The molecule has 1 N–H and O–H groups in total. The Hall–Kier alpha value is -4.45. The van der Waals surface area contributed by atoms with Gasteiger partial charge in [-0.3, -0.25) is 0 Å². The molecule has 1 heterocycles. The smallest absolute Gasteiger partial charge is 0.321 e. The molecule has 230 valence electrons. The van der Waals surface area contributed by atoms with Crippen LogP contribution in [-0.2, 0) is 25.9 Å². The molecule has 0 saturated carbocycles. The standard InChI is InChI=1S/C41H37BrN2O2/c42-37(25-29-11-3-1-4-12-29)39-40(45)38(26-30-13-5-2-6-14-30)43(27-31-19-21-33-15-7-9-17-35(33)23-31)41(46)44(39)28-32-20-22-34-16-8-10-18-36(34)24-32/h1-24,37-40,45H,25-28H2/t37-,38+,39-,40+/m0/s1. The van der Waals surface area contributed by atoms with Crippen LogP contribution >= 0.6 is 15.9 Å². The van der Waals surface area contributed by atoms with Crippen molar-refractivity contribution in [1.29, 1.82) is 0 Å². The second kappa shape index (κ2) is 13.5. The summed E-state index contributed by atoms with van der Waals surface area (Å²) in [7, 11) is 0. The molecule has 6 aromatic rings. The monoisotopic (exact) mass is 668 g/mol. The molecule has 5 heteroatoms. The minimum absolute atomic E-state index is 0.0601. The molecule has 46 heavy (non-hydrogen) atoms. The molecular formula is C41H37BrN2O2. The third kappa shape index (κ3) is 6.44. The van der Waals surface area contributed by atoms with Crippen molar-refractivity contribution in [3.63, 3.8) is 0 Å². The summed E-state index contributed by atoms with van der Waals surface area (Å²) in [6.45, 7) is 0.805. The fourth-order valence-electron chi connectivity index (χ4n) is 6.91. The van der Waals surface area contributed by atoms with E-state index in [4.69, 9.17) is 0 Å². The summed E-state index contributed by atoms with van der Waals surface area (Å²) in [4.78, 5) is 18.5. The van der Waals surface area contributed by atoms with Crippen molar-refractivity contribution in [2.45, 2.75) is 48.9 Å². The van der Waals surface area contributed by atoms with Gasteiger partial charge in [-0.2, -0.15) is 0 Å². The van der Waals surface area contributed by atoms with E-state index in [2.05, 4.69) is 101 Å². The Kier molecular flexibility index (Phi) is 8.87. The number of aliphatic hydroxyl groups is 1. The number of halogens is 1. The third-order valence-corrected chi connectivity index (χ3v) is 10.1. The molecule has 1 fully saturated rings. The van der Waals surface area contributed by atoms with Crippen molar-refractivity contribution in [3.8, 4) is 0 Å². The summed E-state index contributed by atoms with van der Waals surface area (Å²) < 4.78 is 0. The number of hydrogen-bond acceptors (Lipinski definition) is 2. The van der Waals surface area contributed by atoms with Gasteiger partial charge in [-0.05, 0) is 68.8 Å². The maximum atomic E-state index is 14.9. The number of benzene rings is 6. The van der Waals surface area contributed by atoms with Crippen molar-refractivity contribution in [2.24, 2.45) is 0 Å². The van der Waals surface area contributed by atoms with E-state index in [0.29, 0.717) is 25.9 Å². The summed E-state index contributed by atoms with van der Waals surface area (Å²) in [6, 6.07) is 48.9. The summed E-state index contributed by atoms with van der Waals surface area (Å²) in [5.41, 5.74) is 4.34. The van der Waals surface area contributed by atoms with E-state index < -0.39 is 18.2 Å². The minimum Gasteiger partial charge on any atom is -0.389 e. The summed E-state index contributed by atoms with van der Waals surface area (Å²) >= 11 is 3.99. The topological polar surface area (TPSA) is 43.8 Å². The quantitative estimate of drug-likeness (QED) is 0.157. The molecule has 6 aromatic carbocycles. The Balaban J connectivity index is 1.28. The Bertz CT molecular complexity index is 1950. The highest BCUT2D eigenvalue weighted by atomic mass is 79.9. The van der Waals surface area contributed by atoms with Crippen LogP contribution in [0.4, 0.5) is 4.79 Å². The van der Waals surface area contributed by atoms with Crippen LogP contribution in [0.3, 0.4) is 0 Å². The fraction of sp³-hybridized carbons (Fsp3) is 0.195. The SMILES string of the molecule is O=C1N(Cc2ccc3ccccc3c2)[C@@H]([C@@H](Br)Cc2ccccc2)[C@H](O)[C@@H](Cc2ccccc2)N1Cc1ccc2ccccc2c1. The third-order valence-electron chi connectivity index (χ3n) is 9.26. The van der Waals surface area contributed by atoms with E-state index in [9.17, 15) is 9.90 Å². The Morgan fingerprint density at radius 1 is 0.565 bits per heavy atom. The molecule has 1 saturated heterocycles. The maximum Gasteiger partial charge on any atom is 0.321 e. The number of nitrogens with zero attached hydrogens (tertiary/aromatic N) is 2. The van der Waals surface area contributed by atoms with Gasteiger partial charge in [0.25, 0.3) is 0 Å². The Morgan fingerprint density at radius 2 is 1.04 bits per heavy atom. The van der Waals surface area contributed by atoms with Crippen LogP contribution in [-0.4, -0.2) is 44.0 Å². The van der Waals surface area contributed by atoms with Gasteiger partial charge in [0, 0.05) is 17.9 Å². The average molecular weight is 670 g/mol. The number of carbonyl (C=O) groups excluding carboxylic acids is 1. The van der Waals surface area contributed by atoms with Gasteiger partial charge in [0.2, 0.25) is 0 Å². The number of carbonyl (C=O) groups is 1. The minimum atomic E-state index is -0.799. The van der Waals surface area contributed by atoms with E-state index in [1.54, 1.807) is 0 Å². The largest absolute Gasteiger partial charge is 0.389 e. The predicted octanol–water partition coefficient (Wildman–Crippen LogP) is 8.78. The van der Waals surface area contributed by atoms with E-state index >= 15 is 0 Å². The highest BCUT2D eigenvalue weighted by Crippen LogP contribution is 2.34. The molecule has 2 amide bonds. The van der Waals surface area contributed by atoms with Crippen molar-refractivity contribution in [1.82, 2.24) is 9.80 Å². The van der Waals surface area contributed by atoms with Crippen molar-refractivity contribution in [2.75, 3.05) is 0 Å². The second-order valence-corrected chi connectivity index (χ2v) is 13.5. The lowest BCUT2D eigenvalue weighted by Gasteiger charge is -2.51. The molecule has 1 aliphatic heterocycles. The molecular weight excluding hydrogens is 632 g/mol. The van der Waals surface area contributed by atoms with Crippen LogP contribution < -0.4 is 0 Å². The molecule has 0 spiro atoms. The maximum absolute atomic E-state index is 14.9. The van der Waals surface area contributed by atoms with Crippen LogP contribution in [0.25, 0.3) is 21.5 Å². The molecule has 7 rings (SSSR count). The number of fused-ring (bicyclic) bond motifs is 2. The van der Waals surface area contributed by atoms with Gasteiger partial charge in [0.15, 0.2) is 0 Å². The first-order valence-corrected chi connectivity index (χ1v) is 16.9. The van der Waals surface area contributed by atoms with E-state index in [1.807, 2.05) is 70.5 Å². The Labute approximate surface area is 279 Å².